The second-order valence-electron chi connectivity index (χ2n) is 8.77. The topological polar surface area (TPSA) is 113 Å². The fourth-order valence-electron chi connectivity index (χ4n) is 4.29. The van der Waals surface area contributed by atoms with Gasteiger partial charge >= 0.3 is 13.8 Å². The van der Waals surface area contributed by atoms with Gasteiger partial charge in [0.25, 0.3) is 0 Å². The zero-order chi connectivity index (χ0) is 23.0. The molecule has 0 heterocycles. The van der Waals surface area contributed by atoms with E-state index in [1.807, 2.05) is 20.8 Å². The Morgan fingerprint density at radius 3 is 2.55 bits per heavy atom. The lowest BCUT2D eigenvalue weighted by molar-refractivity contribution is -0.145. The Kier molecular flexibility index (Phi) is 6.82. The van der Waals surface area contributed by atoms with Crippen molar-refractivity contribution in [2.45, 2.75) is 70.8 Å². The Labute approximate surface area is 183 Å². The Morgan fingerprint density at radius 2 is 2.00 bits per heavy atom. The first kappa shape index (κ1) is 23.7. The van der Waals surface area contributed by atoms with Crippen molar-refractivity contribution in [1.29, 1.82) is 0 Å². The number of phenolic OH excluding ortho intramolecular Hbond substituents is 1. The summed E-state index contributed by atoms with van der Waals surface area (Å²) in [5, 5.41) is 10.9. The number of phosphoric ester groups is 1. The molecule has 2 atom stereocenters. The number of phenols is 1. The largest absolute Gasteiger partial charge is 0.507 e. The molecule has 8 heteroatoms. The van der Waals surface area contributed by atoms with Crippen molar-refractivity contribution in [3.63, 3.8) is 0 Å². The molecular weight excluding hydrogens is 419 g/mol. The predicted octanol–water partition coefficient (Wildman–Crippen LogP) is 4.91. The number of carbonyl (C=O) groups excluding carboxylic acids is 1. The average Bonchev–Trinajstić information content (AvgIpc) is 3.40. The normalized spacial score (nSPS) is 22.5. The molecule has 2 aliphatic rings. The molecule has 1 fully saturated rings. The van der Waals surface area contributed by atoms with Gasteiger partial charge in [0.1, 0.15) is 11.5 Å². The molecule has 0 bridgehead atoms. The molecular formula is C23H31O7P. The van der Waals surface area contributed by atoms with E-state index in [1.54, 1.807) is 12.1 Å². The number of benzene rings is 1. The van der Waals surface area contributed by atoms with Crippen LogP contribution in [0.3, 0.4) is 0 Å². The van der Waals surface area contributed by atoms with Crippen molar-refractivity contribution in [2.75, 3.05) is 0 Å². The van der Waals surface area contributed by atoms with Gasteiger partial charge in [-0.05, 0) is 69.6 Å². The van der Waals surface area contributed by atoms with E-state index in [1.165, 1.54) is 5.57 Å². The minimum atomic E-state index is -4.85. The van der Waals surface area contributed by atoms with Crippen molar-refractivity contribution in [3.05, 3.63) is 47.1 Å². The van der Waals surface area contributed by atoms with Gasteiger partial charge in [-0.2, -0.15) is 0 Å². The van der Waals surface area contributed by atoms with Crippen LogP contribution >= 0.6 is 7.82 Å². The maximum atomic E-state index is 12.9. The molecule has 0 saturated heterocycles. The van der Waals surface area contributed by atoms with E-state index >= 15 is 0 Å². The van der Waals surface area contributed by atoms with E-state index in [4.69, 9.17) is 9.26 Å². The van der Waals surface area contributed by atoms with Crippen LogP contribution < -0.4 is 4.74 Å². The molecule has 0 aromatic heterocycles. The monoisotopic (exact) mass is 450 g/mol. The van der Waals surface area contributed by atoms with Gasteiger partial charge in [-0.25, -0.2) is 9.36 Å². The van der Waals surface area contributed by atoms with Gasteiger partial charge in [0.05, 0.1) is 0 Å². The van der Waals surface area contributed by atoms with Crippen LogP contribution in [0.15, 0.2) is 35.9 Å². The molecule has 3 rings (SSSR count). The van der Waals surface area contributed by atoms with Crippen LogP contribution in [0.25, 0.3) is 0 Å². The maximum absolute atomic E-state index is 12.9. The summed E-state index contributed by atoms with van der Waals surface area (Å²) in [6.07, 6.45) is 5.75. The molecule has 31 heavy (non-hydrogen) atoms. The Bertz CT molecular complexity index is 955. The van der Waals surface area contributed by atoms with Crippen LogP contribution in [0.2, 0.25) is 0 Å². The Balaban J connectivity index is 2.04. The molecule has 0 aliphatic heterocycles. The van der Waals surface area contributed by atoms with Crippen LogP contribution in [-0.4, -0.2) is 26.5 Å². The third kappa shape index (κ3) is 5.47. The van der Waals surface area contributed by atoms with Gasteiger partial charge < -0.3 is 19.6 Å². The van der Waals surface area contributed by atoms with E-state index in [0.717, 1.165) is 30.4 Å². The highest BCUT2D eigenvalue weighted by Gasteiger charge is 2.57. The van der Waals surface area contributed by atoms with Gasteiger partial charge in [0.15, 0.2) is 5.60 Å². The number of allylic oxidation sites excluding steroid dienone is 3. The predicted molar refractivity (Wildman–Crippen MR) is 117 cm³/mol. The molecule has 0 unspecified atom stereocenters. The third-order valence-electron chi connectivity index (χ3n) is 6.00. The van der Waals surface area contributed by atoms with Gasteiger partial charge in [-0.3, -0.25) is 4.52 Å². The SMILES string of the molecule is C=C(C)[C@@H]1CCC(C)=C[C@H]1c1c(O)cc(CCC)cc1OC(=O)C1(OP(=O)(O)O)CC1. The van der Waals surface area contributed by atoms with Crippen molar-refractivity contribution in [1.82, 2.24) is 0 Å². The Hall–Kier alpha value is -1.92. The number of rotatable bonds is 8. The van der Waals surface area contributed by atoms with E-state index in [2.05, 4.69) is 12.7 Å². The summed E-state index contributed by atoms with van der Waals surface area (Å²) in [4.78, 5) is 31.2. The molecule has 7 nitrogen and oxygen atoms in total. The molecule has 1 aromatic rings. The molecule has 3 N–H and O–H groups in total. The fraction of sp³-hybridized carbons (Fsp3) is 0.522. The summed E-state index contributed by atoms with van der Waals surface area (Å²) in [6.45, 7) is 10.1. The minimum Gasteiger partial charge on any atom is -0.507 e. The number of aryl methyl sites for hydroxylation is 1. The lowest BCUT2D eigenvalue weighted by Crippen LogP contribution is -2.30. The first-order valence-corrected chi connectivity index (χ1v) is 12.2. The zero-order valence-electron chi connectivity index (χ0n) is 18.3. The first-order chi connectivity index (χ1) is 14.5. The number of esters is 1. The summed E-state index contributed by atoms with van der Waals surface area (Å²) in [5.74, 6) is -0.755. The number of hydrogen-bond acceptors (Lipinski definition) is 5. The van der Waals surface area contributed by atoms with Crippen molar-refractivity contribution >= 4 is 13.8 Å². The molecule has 1 saturated carbocycles. The highest BCUT2D eigenvalue weighted by molar-refractivity contribution is 7.46. The van der Waals surface area contributed by atoms with Crippen LogP contribution in [0.4, 0.5) is 0 Å². The van der Waals surface area contributed by atoms with E-state index in [9.17, 15) is 24.3 Å². The average molecular weight is 450 g/mol. The molecule has 0 radical (unpaired) electrons. The van der Waals surface area contributed by atoms with Crippen LogP contribution in [-0.2, 0) is 20.3 Å². The summed E-state index contributed by atoms with van der Waals surface area (Å²) in [7, 11) is -4.85. The molecule has 170 valence electrons. The smallest absolute Gasteiger partial charge is 0.470 e. The van der Waals surface area contributed by atoms with E-state index < -0.39 is 19.4 Å². The second kappa shape index (κ2) is 8.91. The van der Waals surface area contributed by atoms with Gasteiger partial charge in [-0.1, -0.05) is 37.1 Å². The maximum Gasteiger partial charge on any atom is 0.470 e. The summed E-state index contributed by atoms with van der Waals surface area (Å²) in [6, 6.07) is 3.43. The molecule has 0 amide bonds. The summed E-state index contributed by atoms with van der Waals surface area (Å²) >= 11 is 0. The van der Waals surface area contributed by atoms with Crippen molar-refractivity contribution in [2.24, 2.45) is 5.92 Å². The fourth-order valence-corrected chi connectivity index (χ4v) is 5.01. The highest BCUT2D eigenvalue weighted by atomic mass is 31.2. The lowest BCUT2D eigenvalue weighted by Gasteiger charge is -2.32. The molecule has 0 spiro atoms. The highest BCUT2D eigenvalue weighted by Crippen LogP contribution is 2.53. The summed E-state index contributed by atoms with van der Waals surface area (Å²) in [5.41, 5.74) is 1.83. The number of aromatic hydroxyl groups is 1. The second-order valence-corrected chi connectivity index (χ2v) is 9.94. The minimum absolute atomic E-state index is 0.0386. The number of carbonyl (C=O) groups is 1. The van der Waals surface area contributed by atoms with Crippen molar-refractivity contribution < 1.29 is 33.5 Å². The number of phosphoric acid groups is 1. The standard InChI is InChI=1S/C23H31O7P/c1-5-6-16-12-19(24)21(18-11-15(4)7-8-17(18)14(2)3)20(13-16)29-22(25)23(9-10-23)30-31(26,27)28/h11-13,17-18,24H,2,5-10H2,1,3-4H3,(H2,26,27,28)/t17-,18+/m0/s1. The third-order valence-corrected chi connectivity index (χ3v) is 6.59. The van der Waals surface area contributed by atoms with Gasteiger partial charge in [-0.15, -0.1) is 0 Å². The zero-order valence-corrected chi connectivity index (χ0v) is 19.2. The van der Waals surface area contributed by atoms with Crippen LogP contribution in [0.5, 0.6) is 11.5 Å². The van der Waals surface area contributed by atoms with E-state index in [0.29, 0.717) is 12.0 Å². The Morgan fingerprint density at radius 1 is 1.32 bits per heavy atom. The molecule has 1 aromatic carbocycles. The van der Waals surface area contributed by atoms with Gasteiger partial charge in [0.2, 0.25) is 0 Å². The van der Waals surface area contributed by atoms with Gasteiger partial charge in [0, 0.05) is 11.5 Å². The molecule has 2 aliphatic carbocycles. The van der Waals surface area contributed by atoms with Crippen LogP contribution in [0.1, 0.15) is 69.9 Å². The number of ether oxygens (including phenoxy) is 1. The quantitative estimate of drug-likeness (QED) is 0.223. The van der Waals surface area contributed by atoms with E-state index in [-0.39, 0.29) is 36.2 Å². The summed E-state index contributed by atoms with van der Waals surface area (Å²) < 4.78 is 21.7. The lowest BCUT2D eigenvalue weighted by atomic mass is 9.73. The first-order valence-electron chi connectivity index (χ1n) is 10.6. The number of hydrogen-bond donors (Lipinski definition) is 3. The van der Waals surface area contributed by atoms with Crippen LogP contribution in [0, 0.1) is 5.92 Å². The van der Waals surface area contributed by atoms with Crippen molar-refractivity contribution in [3.8, 4) is 11.5 Å².